The van der Waals surface area contributed by atoms with Gasteiger partial charge in [-0.2, -0.15) is 0 Å². The van der Waals surface area contributed by atoms with E-state index in [-0.39, 0.29) is 11.7 Å². The molecular weight excluding hydrogens is 334 g/mol. The van der Waals surface area contributed by atoms with Gasteiger partial charge in [0.25, 0.3) is 5.56 Å². The lowest BCUT2D eigenvalue weighted by Crippen LogP contribution is -2.43. The molecule has 1 N–H and O–H groups in total. The molecule has 2 unspecified atom stereocenters. The molecule has 116 valence electrons. The molecule has 2 saturated heterocycles. The van der Waals surface area contributed by atoms with E-state index in [2.05, 4.69) is 44.6 Å². The lowest BCUT2D eigenvalue weighted by atomic mass is 10.1. The van der Waals surface area contributed by atoms with Crippen molar-refractivity contribution in [1.29, 1.82) is 0 Å². The van der Waals surface area contributed by atoms with Gasteiger partial charge in [0.05, 0.1) is 12.3 Å². The number of ether oxygens (including phenoxy) is 1. The summed E-state index contributed by atoms with van der Waals surface area (Å²) >= 11 is 3.35. The van der Waals surface area contributed by atoms with Gasteiger partial charge in [0.1, 0.15) is 16.4 Å². The summed E-state index contributed by atoms with van der Waals surface area (Å²) in [6.45, 7) is 6.95. The first-order chi connectivity index (χ1) is 10.0. The highest BCUT2D eigenvalue weighted by atomic mass is 79.9. The number of hydrogen-bond acceptors (Lipinski definition) is 4. The number of nitrogens with one attached hydrogen (secondary N) is 1. The average molecular weight is 356 g/mol. The minimum Gasteiger partial charge on any atom is -0.367 e. The van der Waals surface area contributed by atoms with Crippen LogP contribution in [0.3, 0.4) is 0 Å². The second kappa shape index (κ2) is 6.18. The summed E-state index contributed by atoms with van der Waals surface area (Å²) in [4.78, 5) is 22.1. The maximum atomic E-state index is 12.1. The highest BCUT2D eigenvalue weighted by Gasteiger charge is 2.34. The Balaban J connectivity index is 1.84. The molecule has 5 nitrogen and oxygen atoms in total. The zero-order valence-corrected chi connectivity index (χ0v) is 14.1. The van der Waals surface area contributed by atoms with Crippen LogP contribution in [0.2, 0.25) is 0 Å². The lowest BCUT2D eigenvalue weighted by Gasteiger charge is -2.34. The number of morpholine rings is 1. The van der Waals surface area contributed by atoms with Crippen LogP contribution < -0.4 is 5.56 Å². The molecule has 0 bridgehead atoms. The number of nitrogens with zero attached hydrogens (tertiary/aromatic N) is 2. The lowest BCUT2D eigenvalue weighted by molar-refractivity contribution is -0.0543. The molecule has 0 aromatic carbocycles. The van der Waals surface area contributed by atoms with Crippen LogP contribution in [0.25, 0.3) is 0 Å². The van der Waals surface area contributed by atoms with Crippen LogP contribution in [0, 0.1) is 5.92 Å². The maximum Gasteiger partial charge on any atom is 0.265 e. The number of H-pyrrole nitrogens is 1. The number of rotatable bonds is 3. The molecule has 2 atom stereocenters. The Morgan fingerprint density at radius 3 is 3.10 bits per heavy atom. The molecule has 2 fully saturated rings. The van der Waals surface area contributed by atoms with E-state index >= 15 is 0 Å². The van der Waals surface area contributed by atoms with Crippen molar-refractivity contribution in [2.24, 2.45) is 5.92 Å². The SMILES string of the molecule is CC(C)Cc1nc(C2CN3CCCC3CO2)[nH]c(=O)c1Br. The van der Waals surface area contributed by atoms with Crippen molar-refractivity contribution in [3.05, 3.63) is 26.3 Å². The predicted molar refractivity (Wildman–Crippen MR) is 84.4 cm³/mol. The van der Waals surface area contributed by atoms with Gasteiger partial charge in [0.15, 0.2) is 0 Å². The summed E-state index contributed by atoms with van der Waals surface area (Å²) in [6, 6.07) is 0.554. The fraction of sp³-hybridized carbons (Fsp3) is 0.733. The fourth-order valence-electron chi connectivity index (χ4n) is 3.18. The molecule has 3 heterocycles. The fourth-order valence-corrected chi connectivity index (χ4v) is 3.53. The zero-order valence-electron chi connectivity index (χ0n) is 12.6. The van der Waals surface area contributed by atoms with Crippen molar-refractivity contribution in [3.8, 4) is 0 Å². The summed E-state index contributed by atoms with van der Waals surface area (Å²) in [5, 5.41) is 0. The van der Waals surface area contributed by atoms with Crippen LogP contribution in [0.1, 0.15) is 44.3 Å². The van der Waals surface area contributed by atoms with Crippen LogP contribution in [-0.4, -0.2) is 40.6 Å². The maximum absolute atomic E-state index is 12.1. The highest BCUT2D eigenvalue weighted by Crippen LogP contribution is 2.28. The van der Waals surface area contributed by atoms with Gasteiger partial charge < -0.3 is 9.72 Å². The molecular formula is C15H22BrN3O2. The van der Waals surface area contributed by atoms with Crippen LogP contribution in [-0.2, 0) is 11.2 Å². The third-order valence-electron chi connectivity index (χ3n) is 4.25. The van der Waals surface area contributed by atoms with Crippen molar-refractivity contribution in [2.45, 2.75) is 45.3 Å². The van der Waals surface area contributed by atoms with Crippen molar-refractivity contribution < 1.29 is 4.74 Å². The molecule has 0 radical (unpaired) electrons. The van der Waals surface area contributed by atoms with Crippen LogP contribution in [0.5, 0.6) is 0 Å². The number of aromatic amines is 1. The average Bonchev–Trinajstić information content (AvgIpc) is 2.90. The zero-order chi connectivity index (χ0) is 15.0. The predicted octanol–water partition coefficient (Wildman–Crippen LogP) is 2.27. The van der Waals surface area contributed by atoms with Gasteiger partial charge in [-0.05, 0) is 47.7 Å². The first-order valence-corrected chi connectivity index (χ1v) is 8.48. The normalized spacial score (nSPS) is 26.3. The number of halogens is 1. The molecule has 0 amide bonds. The Hall–Kier alpha value is -0.720. The van der Waals surface area contributed by atoms with E-state index in [0.717, 1.165) is 31.8 Å². The highest BCUT2D eigenvalue weighted by molar-refractivity contribution is 9.10. The molecule has 21 heavy (non-hydrogen) atoms. The number of fused-ring (bicyclic) bond motifs is 1. The first-order valence-electron chi connectivity index (χ1n) is 7.69. The summed E-state index contributed by atoms with van der Waals surface area (Å²) in [7, 11) is 0. The van der Waals surface area contributed by atoms with Gasteiger partial charge in [0.2, 0.25) is 0 Å². The van der Waals surface area contributed by atoms with E-state index in [1.165, 1.54) is 12.8 Å². The molecule has 1 aromatic rings. The monoisotopic (exact) mass is 355 g/mol. The van der Waals surface area contributed by atoms with Gasteiger partial charge in [0, 0.05) is 12.6 Å². The molecule has 0 spiro atoms. The van der Waals surface area contributed by atoms with E-state index < -0.39 is 0 Å². The van der Waals surface area contributed by atoms with E-state index in [0.29, 0.717) is 22.3 Å². The topological polar surface area (TPSA) is 58.2 Å². The van der Waals surface area contributed by atoms with Crippen LogP contribution >= 0.6 is 15.9 Å². The quantitative estimate of drug-likeness (QED) is 0.903. The number of aromatic nitrogens is 2. The second-order valence-electron chi connectivity index (χ2n) is 6.42. The van der Waals surface area contributed by atoms with Gasteiger partial charge in [-0.25, -0.2) is 4.98 Å². The Kier molecular flexibility index (Phi) is 4.47. The molecule has 0 saturated carbocycles. The Morgan fingerprint density at radius 1 is 1.52 bits per heavy atom. The molecule has 6 heteroatoms. The minimum atomic E-state index is -0.119. The van der Waals surface area contributed by atoms with E-state index in [1.54, 1.807) is 0 Å². The second-order valence-corrected chi connectivity index (χ2v) is 7.22. The van der Waals surface area contributed by atoms with Crippen LogP contribution in [0.4, 0.5) is 0 Å². The first kappa shape index (κ1) is 15.2. The van der Waals surface area contributed by atoms with E-state index in [9.17, 15) is 4.79 Å². The standard InChI is InChI=1S/C15H22BrN3O2/c1-9(2)6-11-13(16)15(20)18-14(17-11)12-7-19-5-3-4-10(19)8-21-12/h9-10,12H,3-8H2,1-2H3,(H,17,18,20). The Bertz CT molecular complexity index is 573. The summed E-state index contributed by atoms with van der Waals surface area (Å²) < 4.78 is 6.49. The van der Waals surface area contributed by atoms with Crippen molar-refractivity contribution in [1.82, 2.24) is 14.9 Å². The van der Waals surface area contributed by atoms with Gasteiger partial charge >= 0.3 is 0 Å². The smallest absolute Gasteiger partial charge is 0.265 e. The van der Waals surface area contributed by atoms with Gasteiger partial charge in [-0.3, -0.25) is 9.69 Å². The number of hydrogen-bond donors (Lipinski definition) is 1. The molecule has 2 aliphatic rings. The Labute approximate surface area is 133 Å². The van der Waals surface area contributed by atoms with Gasteiger partial charge in [-0.15, -0.1) is 0 Å². The molecule has 0 aliphatic carbocycles. The van der Waals surface area contributed by atoms with Gasteiger partial charge in [-0.1, -0.05) is 13.8 Å². The van der Waals surface area contributed by atoms with Crippen LogP contribution in [0.15, 0.2) is 9.27 Å². The largest absolute Gasteiger partial charge is 0.367 e. The summed E-state index contributed by atoms with van der Waals surface area (Å²) in [6.07, 6.45) is 3.13. The third-order valence-corrected chi connectivity index (χ3v) is 5.06. The summed E-state index contributed by atoms with van der Waals surface area (Å²) in [5.74, 6) is 1.13. The summed E-state index contributed by atoms with van der Waals surface area (Å²) in [5.41, 5.74) is 0.721. The minimum absolute atomic E-state index is 0.109. The molecule has 2 aliphatic heterocycles. The third kappa shape index (κ3) is 3.22. The van der Waals surface area contributed by atoms with E-state index in [1.807, 2.05) is 0 Å². The molecule has 3 rings (SSSR count). The van der Waals surface area contributed by atoms with Crippen molar-refractivity contribution in [3.63, 3.8) is 0 Å². The van der Waals surface area contributed by atoms with Crippen molar-refractivity contribution >= 4 is 15.9 Å². The Morgan fingerprint density at radius 2 is 2.33 bits per heavy atom. The van der Waals surface area contributed by atoms with Crippen molar-refractivity contribution in [2.75, 3.05) is 19.7 Å². The molecule has 1 aromatic heterocycles. The van der Waals surface area contributed by atoms with E-state index in [4.69, 9.17) is 4.74 Å².